The van der Waals surface area contributed by atoms with Gasteiger partial charge in [0, 0.05) is 12.1 Å². The highest BCUT2D eigenvalue weighted by atomic mass is 31.2. The molecule has 0 spiro atoms. The van der Waals surface area contributed by atoms with Crippen LogP contribution >= 0.6 is 7.82 Å². The fraction of sp³-hybridized carbons (Fsp3) is 0. The molecule has 15 heavy (non-hydrogen) atoms. The number of halogens is 1. The topological polar surface area (TPSA) is 98.9 Å². The number of phosphoric acid groups is 1. The van der Waals surface area contributed by atoms with E-state index in [9.17, 15) is 19.2 Å². The summed E-state index contributed by atoms with van der Waals surface area (Å²) in [6, 6.07) is 4.15. The molecule has 0 fully saturated rings. The Balaban J connectivity index is 2.82. The van der Waals surface area contributed by atoms with Crippen molar-refractivity contribution in [2.24, 2.45) is 0 Å². The molecule has 0 saturated heterocycles. The third-order valence-electron chi connectivity index (χ3n) is 1.36. The van der Waals surface area contributed by atoms with Crippen molar-refractivity contribution < 1.29 is 28.2 Å². The van der Waals surface area contributed by atoms with E-state index < -0.39 is 12.7 Å². The summed E-state index contributed by atoms with van der Waals surface area (Å²) < 4.78 is 28.8. The predicted molar refractivity (Wildman–Crippen MR) is 45.7 cm³/mol. The normalized spacial score (nSPS) is 14.3. The monoisotopic (exact) mass is 237 g/mol. The van der Waals surface area contributed by atoms with Crippen LogP contribution in [-0.2, 0) is 9.29 Å². The highest BCUT2D eigenvalue weighted by molar-refractivity contribution is 7.47. The summed E-state index contributed by atoms with van der Waals surface area (Å²) in [6.07, 6.45) is 0. The molecule has 0 aliphatic rings. The molecule has 1 unspecified atom stereocenters. The Morgan fingerprint density at radius 1 is 1.40 bits per heavy atom. The van der Waals surface area contributed by atoms with Gasteiger partial charge >= 0.3 is 7.82 Å². The first-order chi connectivity index (χ1) is 6.94. The van der Waals surface area contributed by atoms with E-state index >= 15 is 0 Å². The van der Waals surface area contributed by atoms with Gasteiger partial charge in [0.15, 0.2) is 0 Å². The number of rotatable bonds is 4. The van der Waals surface area contributed by atoms with Crippen molar-refractivity contribution in [3.05, 3.63) is 34.4 Å². The maximum atomic E-state index is 11.4. The van der Waals surface area contributed by atoms with Gasteiger partial charge in [0.2, 0.25) is 0 Å². The molecule has 0 saturated carbocycles. The van der Waals surface area contributed by atoms with E-state index in [1.807, 2.05) is 0 Å². The highest BCUT2D eigenvalue weighted by Crippen LogP contribution is 2.44. The van der Waals surface area contributed by atoms with Gasteiger partial charge in [0.1, 0.15) is 5.75 Å². The summed E-state index contributed by atoms with van der Waals surface area (Å²) in [7, 11) is -4.77. The number of nitro benzene ring substituents is 1. The lowest BCUT2D eigenvalue weighted by Crippen LogP contribution is -1.92. The van der Waals surface area contributed by atoms with Gasteiger partial charge < -0.3 is 4.52 Å². The second-order valence-electron chi connectivity index (χ2n) is 2.38. The number of benzene rings is 1. The Morgan fingerprint density at radius 3 is 2.33 bits per heavy atom. The molecular weight excluding hydrogens is 232 g/mol. The molecule has 1 aromatic carbocycles. The van der Waals surface area contributed by atoms with E-state index in [0.29, 0.717) is 0 Å². The van der Waals surface area contributed by atoms with E-state index in [-0.39, 0.29) is 11.4 Å². The summed E-state index contributed by atoms with van der Waals surface area (Å²) in [5, 5.41) is 10.2. The Morgan fingerprint density at radius 2 is 1.93 bits per heavy atom. The van der Waals surface area contributed by atoms with Crippen LogP contribution in [0.5, 0.6) is 5.75 Å². The van der Waals surface area contributed by atoms with Gasteiger partial charge in [-0.25, -0.2) is 4.57 Å². The van der Waals surface area contributed by atoms with Crippen LogP contribution < -0.4 is 4.52 Å². The SMILES string of the molecule is O=[N+]([O-])c1ccc(OP(=O)(O)OF)cc1. The first-order valence-electron chi connectivity index (χ1n) is 3.52. The smallest absolute Gasteiger partial charge is 0.403 e. The van der Waals surface area contributed by atoms with Gasteiger partial charge in [0.05, 0.1) is 4.92 Å². The highest BCUT2D eigenvalue weighted by Gasteiger charge is 2.24. The molecule has 0 aliphatic carbocycles. The summed E-state index contributed by atoms with van der Waals surface area (Å²) in [5.74, 6) is -0.218. The van der Waals surface area contributed by atoms with E-state index in [4.69, 9.17) is 4.89 Å². The Kier molecular flexibility index (Phi) is 3.35. The standard InChI is InChI=1S/C6H5FNO6P/c7-14-15(11,12)13-6-3-1-5(2-4-6)8(9)10/h1-4H,(H,11,12). The molecule has 1 rings (SSSR count). The number of nitrogens with zero attached hydrogens (tertiary/aromatic N) is 1. The van der Waals surface area contributed by atoms with Crippen molar-refractivity contribution in [3.8, 4) is 5.75 Å². The molecule has 7 nitrogen and oxygen atoms in total. The van der Waals surface area contributed by atoms with Gasteiger partial charge in [-0.3, -0.25) is 15.0 Å². The average Bonchev–Trinajstić information content (AvgIpc) is 2.18. The summed E-state index contributed by atoms with van der Waals surface area (Å²) in [4.78, 5) is 18.1. The molecule has 1 N–H and O–H groups in total. The lowest BCUT2D eigenvalue weighted by molar-refractivity contribution is -0.384. The van der Waals surface area contributed by atoms with Crippen LogP contribution in [0, 0.1) is 10.1 Å². The summed E-state index contributed by atoms with van der Waals surface area (Å²) in [5.41, 5.74) is -0.226. The largest absolute Gasteiger partial charge is 0.559 e. The minimum Gasteiger partial charge on any atom is -0.403 e. The first kappa shape index (κ1) is 11.6. The number of phosphoric ester groups is 1. The number of hydrogen-bond donors (Lipinski definition) is 1. The first-order valence-corrected chi connectivity index (χ1v) is 5.01. The molecule has 0 radical (unpaired) electrons. The maximum absolute atomic E-state index is 11.4. The molecule has 0 amide bonds. The van der Waals surface area contributed by atoms with Crippen molar-refractivity contribution in [1.29, 1.82) is 0 Å². The van der Waals surface area contributed by atoms with Crippen LogP contribution in [0.2, 0.25) is 0 Å². The average molecular weight is 237 g/mol. The van der Waals surface area contributed by atoms with Crippen molar-refractivity contribution in [2.75, 3.05) is 0 Å². The van der Waals surface area contributed by atoms with Crippen LogP contribution in [0.3, 0.4) is 0 Å². The minimum absolute atomic E-state index is 0.218. The molecule has 0 aromatic heterocycles. The quantitative estimate of drug-likeness (QED) is 0.488. The molecular formula is C6H5FNO6P. The van der Waals surface area contributed by atoms with Crippen LogP contribution in [0.25, 0.3) is 0 Å². The minimum atomic E-state index is -4.77. The number of hydrogen-bond acceptors (Lipinski definition) is 5. The Hall–Kier alpha value is -1.50. The zero-order chi connectivity index (χ0) is 11.5. The second kappa shape index (κ2) is 4.35. The van der Waals surface area contributed by atoms with Crippen molar-refractivity contribution in [1.82, 2.24) is 0 Å². The van der Waals surface area contributed by atoms with Crippen molar-refractivity contribution >= 4 is 13.5 Å². The van der Waals surface area contributed by atoms with Gasteiger partial charge in [-0.1, -0.05) is 4.73 Å². The molecule has 9 heteroatoms. The third kappa shape index (κ3) is 3.28. The van der Waals surface area contributed by atoms with Crippen LogP contribution in [0.15, 0.2) is 24.3 Å². The van der Waals surface area contributed by atoms with Crippen molar-refractivity contribution in [2.45, 2.75) is 0 Å². The summed E-state index contributed by atoms with van der Waals surface area (Å²) in [6.45, 7) is 0. The fourth-order valence-corrected chi connectivity index (χ4v) is 1.19. The second-order valence-corrected chi connectivity index (χ2v) is 3.64. The fourth-order valence-electron chi connectivity index (χ4n) is 0.776. The molecule has 0 aliphatic heterocycles. The zero-order valence-corrected chi connectivity index (χ0v) is 7.96. The number of non-ortho nitro benzene ring substituents is 1. The molecule has 1 atom stereocenters. The van der Waals surface area contributed by atoms with Crippen LogP contribution in [0.1, 0.15) is 0 Å². The lowest BCUT2D eigenvalue weighted by Gasteiger charge is -2.06. The molecule has 0 bridgehead atoms. The number of nitro groups is 1. The molecule has 1 aromatic rings. The van der Waals surface area contributed by atoms with Gasteiger partial charge in [-0.15, -0.1) is 0 Å². The van der Waals surface area contributed by atoms with Gasteiger partial charge in [-0.2, -0.15) is 0 Å². The van der Waals surface area contributed by atoms with E-state index in [2.05, 4.69) is 9.25 Å². The van der Waals surface area contributed by atoms with Gasteiger partial charge in [-0.05, 0) is 16.7 Å². The van der Waals surface area contributed by atoms with Crippen LogP contribution in [-0.4, -0.2) is 9.82 Å². The van der Waals surface area contributed by atoms with Gasteiger partial charge in [0.25, 0.3) is 5.69 Å². The Bertz CT molecular complexity index is 407. The molecule has 0 heterocycles. The Labute approximate surface area is 82.7 Å². The molecule has 82 valence electrons. The van der Waals surface area contributed by atoms with Crippen molar-refractivity contribution in [3.63, 3.8) is 0 Å². The van der Waals surface area contributed by atoms with E-state index in [1.54, 1.807) is 0 Å². The predicted octanol–water partition coefficient (Wildman–Crippen LogP) is 1.98. The lowest BCUT2D eigenvalue weighted by atomic mass is 10.3. The summed E-state index contributed by atoms with van der Waals surface area (Å²) >= 11 is 0. The third-order valence-corrected chi connectivity index (χ3v) is 1.97. The zero-order valence-electron chi connectivity index (χ0n) is 7.07. The van der Waals surface area contributed by atoms with E-state index in [1.165, 1.54) is 0 Å². The maximum Gasteiger partial charge on any atom is 0.559 e. The van der Waals surface area contributed by atoms with Crippen LogP contribution in [0.4, 0.5) is 10.2 Å². The van der Waals surface area contributed by atoms with E-state index in [0.717, 1.165) is 24.3 Å².